The van der Waals surface area contributed by atoms with E-state index in [1.54, 1.807) is 0 Å². The normalized spacial score (nSPS) is 9.11. The van der Waals surface area contributed by atoms with Gasteiger partial charge >= 0.3 is 0 Å². The van der Waals surface area contributed by atoms with Crippen LogP contribution in [0.5, 0.6) is 0 Å². The Morgan fingerprint density at radius 1 is 0.667 bits per heavy atom. The van der Waals surface area contributed by atoms with E-state index in [0.29, 0.717) is 0 Å². The van der Waals surface area contributed by atoms with Crippen molar-refractivity contribution in [3.8, 4) is 0 Å². The number of rotatable bonds is 0. The molecule has 0 aliphatic heterocycles. The molecule has 18 heavy (non-hydrogen) atoms. The van der Waals surface area contributed by atoms with Crippen molar-refractivity contribution in [2.24, 2.45) is 0 Å². The molecule has 1 aromatic heterocycles. The summed E-state index contributed by atoms with van der Waals surface area (Å²) in [6.45, 7) is 8.00. The lowest BCUT2D eigenvalue weighted by Crippen LogP contribution is -1.80. The van der Waals surface area contributed by atoms with E-state index < -0.39 is 0 Å². The average Bonchev–Trinajstić information content (AvgIpc) is 2.51. The lowest BCUT2D eigenvalue weighted by Gasteiger charge is -2.01. The van der Waals surface area contributed by atoms with Crippen molar-refractivity contribution in [2.45, 2.75) is 27.7 Å². The van der Waals surface area contributed by atoms with Crippen molar-refractivity contribution in [3.63, 3.8) is 0 Å². The quantitative estimate of drug-likeness (QED) is 0.476. The zero-order chi connectivity index (χ0) is 13.4. The molecular formula is C17H21N. The van der Waals surface area contributed by atoms with Crippen molar-refractivity contribution >= 4 is 21.7 Å². The van der Waals surface area contributed by atoms with Gasteiger partial charge in [-0.2, -0.15) is 0 Å². The van der Waals surface area contributed by atoms with Crippen LogP contribution in [-0.2, 0) is 0 Å². The summed E-state index contributed by atoms with van der Waals surface area (Å²) >= 11 is 0. The van der Waals surface area contributed by atoms with E-state index in [2.05, 4.69) is 35.3 Å². The minimum atomic E-state index is 1.06. The summed E-state index contributed by atoms with van der Waals surface area (Å²) in [6, 6.07) is 16.6. The van der Waals surface area contributed by atoms with Gasteiger partial charge in [0.15, 0.2) is 0 Å². The fraction of sp³-hybridized carbons (Fsp3) is 0.235. The van der Waals surface area contributed by atoms with Gasteiger partial charge in [0.1, 0.15) is 0 Å². The second-order valence-corrected chi connectivity index (χ2v) is 3.36. The summed E-state index contributed by atoms with van der Waals surface area (Å²) in [5.74, 6) is 0. The first-order valence-corrected chi connectivity index (χ1v) is 6.68. The molecule has 0 radical (unpaired) electrons. The van der Waals surface area contributed by atoms with E-state index in [1.807, 2.05) is 52.1 Å². The molecule has 0 saturated carbocycles. The number of fused-ring (bicyclic) bond motifs is 3. The second-order valence-electron chi connectivity index (χ2n) is 3.36. The third kappa shape index (κ3) is 2.86. The van der Waals surface area contributed by atoms with Gasteiger partial charge in [-0.3, -0.25) is 4.98 Å². The Bertz CT molecular complexity index is 545. The number of pyridine rings is 1. The molecule has 0 spiro atoms. The van der Waals surface area contributed by atoms with Gasteiger partial charge in [0.25, 0.3) is 0 Å². The van der Waals surface area contributed by atoms with Crippen LogP contribution in [0.15, 0.2) is 54.7 Å². The van der Waals surface area contributed by atoms with E-state index in [4.69, 9.17) is 0 Å². The number of hydrogen-bond acceptors (Lipinski definition) is 1. The average molecular weight is 239 g/mol. The number of para-hydroxylation sites is 1. The Balaban J connectivity index is 0.000000371. The van der Waals surface area contributed by atoms with E-state index in [9.17, 15) is 0 Å². The zero-order valence-electron chi connectivity index (χ0n) is 11.6. The minimum absolute atomic E-state index is 1.06. The molecule has 2 aromatic carbocycles. The monoisotopic (exact) mass is 239 g/mol. The molecule has 1 heteroatoms. The van der Waals surface area contributed by atoms with Gasteiger partial charge in [-0.1, -0.05) is 70.2 Å². The fourth-order valence-corrected chi connectivity index (χ4v) is 1.81. The number of nitrogens with zero attached hydrogens (tertiary/aromatic N) is 1. The van der Waals surface area contributed by atoms with Gasteiger partial charge < -0.3 is 0 Å². The topological polar surface area (TPSA) is 12.9 Å². The molecule has 0 saturated heterocycles. The Morgan fingerprint density at radius 2 is 1.22 bits per heavy atom. The van der Waals surface area contributed by atoms with Crippen molar-refractivity contribution in [1.29, 1.82) is 0 Å². The highest BCUT2D eigenvalue weighted by atomic mass is 14.6. The standard InChI is InChI=1S/C13H9N.2C2H6/c1-2-6-11-10(5-1)9-14-13-8-4-3-7-12(11)13;2*1-2/h1-9H;2*1-2H3. The van der Waals surface area contributed by atoms with Crippen LogP contribution in [0, 0.1) is 0 Å². The maximum absolute atomic E-state index is 4.41. The maximum Gasteiger partial charge on any atom is 0.0708 e. The minimum Gasteiger partial charge on any atom is -0.256 e. The predicted molar refractivity (Wildman–Crippen MR) is 81.9 cm³/mol. The lowest BCUT2D eigenvalue weighted by atomic mass is 10.1. The van der Waals surface area contributed by atoms with E-state index in [-0.39, 0.29) is 0 Å². The summed E-state index contributed by atoms with van der Waals surface area (Å²) < 4.78 is 0. The molecule has 0 bridgehead atoms. The molecule has 0 aliphatic rings. The van der Waals surface area contributed by atoms with E-state index in [1.165, 1.54) is 16.2 Å². The number of hydrogen-bond donors (Lipinski definition) is 0. The van der Waals surface area contributed by atoms with Gasteiger partial charge in [0.2, 0.25) is 0 Å². The predicted octanol–water partition coefficient (Wildman–Crippen LogP) is 5.44. The van der Waals surface area contributed by atoms with Crippen LogP contribution in [0.2, 0.25) is 0 Å². The molecule has 0 amide bonds. The summed E-state index contributed by atoms with van der Waals surface area (Å²) in [6.07, 6.45) is 1.93. The van der Waals surface area contributed by atoms with Crippen LogP contribution in [-0.4, -0.2) is 4.98 Å². The Labute approximate surface area is 109 Å². The van der Waals surface area contributed by atoms with Crippen molar-refractivity contribution in [1.82, 2.24) is 4.98 Å². The summed E-state index contributed by atoms with van der Waals surface area (Å²) in [5, 5.41) is 3.70. The third-order valence-corrected chi connectivity index (χ3v) is 2.50. The first-order chi connectivity index (χ1) is 8.95. The highest BCUT2D eigenvalue weighted by Gasteiger charge is 1.98. The first kappa shape index (κ1) is 14.2. The number of benzene rings is 2. The van der Waals surface area contributed by atoms with Gasteiger partial charge in [-0.15, -0.1) is 0 Å². The van der Waals surface area contributed by atoms with Crippen molar-refractivity contribution in [3.05, 3.63) is 54.7 Å². The number of aromatic nitrogens is 1. The van der Waals surface area contributed by atoms with E-state index in [0.717, 1.165) is 5.52 Å². The molecule has 0 unspecified atom stereocenters. The molecular weight excluding hydrogens is 218 g/mol. The van der Waals surface area contributed by atoms with Gasteiger partial charge in [-0.05, 0) is 11.5 Å². The molecule has 0 aliphatic carbocycles. The molecule has 1 nitrogen and oxygen atoms in total. The first-order valence-electron chi connectivity index (χ1n) is 6.68. The van der Waals surface area contributed by atoms with Crippen LogP contribution in [0.4, 0.5) is 0 Å². The lowest BCUT2D eigenvalue weighted by molar-refractivity contribution is 1.44. The smallest absolute Gasteiger partial charge is 0.0708 e. The van der Waals surface area contributed by atoms with Crippen LogP contribution in [0.1, 0.15) is 27.7 Å². The Kier molecular flexibility index (Phi) is 5.86. The summed E-state index contributed by atoms with van der Waals surface area (Å²) in [4.78, 5) is 4.41. The molecule has 0 N–H and O–H groups in total. The van der Waals surface area contributed by atoms with Crippen LogP contribution in [0.3, 0.4) is 0 Å². The molecule has 3 rings (SSSR count). The summed E-state index contributed by atoms with van der Waals surface area (Å²) in [5.41, 5.74) is 1.06. The second kappa shape index (κ2) is 7.44. The van der Waals surface area contributed by atoms with E-state index >= 15 is 0 Å². The van der Waals surface area contributed by atoms with Crippen LogP contribution in [0.25, 0.3) is 21.7 Å². The highest BCUT2D eigenvalue weighted by molar-refractivity contribution is 6.05. The molecule has 0 fully saturated rings. The van der Waals surface area contributed by atoms with Crippen molar-refractivity contribution < 1.29 is 0 Å². The fourth-order valence-electron chi connectivity index (χ4n) is 1.81. The van der Waals surface area contributed by atoms with Crippen LogP contribution < -0.4 is 0 Å². The molecule has 3 aromatic rings. The van der Waals surface area contributed by atoms with Gasteiger partial charge in [0.05, 0.1) is 5.52 Å². The highest BCUT2D eigenvalue weighted by Crippen LogP contribution is 2.22. The molecule has 1 heterocycles. The van der Waals surface area contributed by atoms with Crippen LogP contribution >= 0.6 is 0 Å². The van der Waals surface area contributed by atoms with Gasteiger partial charge in [-0.25, -0.2) is 0 Å². The third-order valence-electron chi connectivity index (χ3n) is 2.50. The van der Waals surface area contributed by atoms with Crippen molar-refractivity contribution in [2.75, 3.05) is 0 Å². The molecule has 0 atom stereocenters. The largest absolute Gasteiger partial charge is 0.256 e. The van der Waals surface area contributed by atoms with Gasteiger partial charge in [0, 0.05) is 17.0 Å². The maximum atomic E-state index is 4.41. The Hall–Kier alpha value is -1.89. The molecule has 94 valence electrons. The SMILES string of the molecule is CC.CC.c1ccc2c(c1)cnc1ccccc12. The Morgan fingerprint density at radius 3 is 1.94 bits per heavy atom. The summed E-state index contributed by atoms with van der Waals surface area (Å²) in [7, 11) is 0. The zero-order valence-corrected chi connectivity index (χ0v) is 11.6.